The minimum Gasteiger partial charge on any atom is -0.497 e. The van der Waals surface area contributed by atoms with E-state index in [1.54, 1.807) is 43.5 Å². The van der Waals surface area contributed by atoms with Gasteiger partial charge in [-0.2, -0.15) is 0 Å². The van der Waals surface area contributed by atoms with E-state index in [2.05, 4.69) is 5.32 Å². The number of benzene rings is 2. The van der Waals surface area contributed by atoms with Gasteiger partial charge >= 0.3 is 5.63 Å². The molecule has 2 aromatic carbocycles. The molecule has 1 heterocycles. The van der Waals surface area contributed by atoms with Crippen LogP contribution in [0.15, 0.2) is 75.9 Å². The number of anilines is 1. The molecule has 3 aromatic rings. The number of amides is 1. The molecule has 0 aliphatic rings. The van der Waals surface area contributed by atoms with Crippen molar-refractivity contribution in [3.05, 3.63) is 94.0 Å². The summed E-state index contributed by atoms with van der Waals surface area (Å²) in [4.78, 5) is 24.2. The van der Waals surface area contributed by atoms with Gasteiger partial charge in [0.2, 0.25) is 0 Å². The van der Waals surface area contributed by atoms with E-state index >= 15 is 0 Å². The quantitative estimate of drug-likeness (QED) is 0.755. The van der Waals surface area contributed by atoms with E-state index in [0.717, 1.165) is 11.3 Å². The highest BCUT2D eigenvalue weighted by atomic mass is 16.5. The summed E-state index contributed by atoms with van der Waals surface area (Å²) in [5.41, 5.74) is 0.900. The second-order valence-electron chi connectivity index (χ2n) is 5.47. The Balaban J connectivity index is 1.71. The van der Waals surface area contributed by atoms with Crippen molar-refractivity contribution in [3.8, 4) is 5.75 Å². The lowest BCUT2D eigenvalue weighted by Crippen LogP contribution is -2.17. The highest BCUT2D eigenvalue weighted by molar-refractivity contribution is 6.04. The fourth-order valence-corrected chi connectivity index (χ4v) is 2.29. The molecule has 5 nitrogen and oxygen atoms in total. The van der Waals surface area contributed by atoms with Crippen LogP contribution < -0.4 is 15.7 Å². The zero-order valence-electron chi connectivity index (χ0n) is 14.1. The maximum atomic E-state index is 12.1. The fourth-order valence-electron chi connectivity index (χ4n) is 2.29. The van der Waals surface area contributed by atoms with Crippen molar-refractivity contribution in [2.24, 2.45) is 0 Å². The number of nitrogens with one attached hydrogen (secondary N) is 1. The highest BCUT2D eigenvalue weighted by Crippen LogP contribution is 2.14. The van der Waals surface area contributed by atoms with Gasteiger partial charge < -0.3 is 14.5 Å². The fraction of sp³-hybridized carbons (Fsp3) is 0.0476. The zero-order valence-corrected chi connectivity index (χ0v) is 14.1. The van der Waals surface area contributed by atoms with Crippen LogP contribution in [0.4, 0.5) is 5.69 Å². The molecule has 0 aliphatic carbocycles. The Morgan fingerprint density at radius 1 is 0.962 bits per heavy atom. The van der Waals surface area contributed by atoms with Gasteiger partial charge in [-0.15, -0.1) is 0 Å². The SMILES string of the molecule is COc1ccc(/C=C/c2ccc(NC(=O)c3ccccc3)c(=O)o2)cc1. The van der Waals surface area contributed by atoms with Gasteiger partial charge in [-0.1, -0.05) is 36.4 Å². The summed E-state index contributed by atoms with van der Waals surface area (Å²) in [5.74, 6) is 0.801. The Bertz CT molecular complexity index is 973. The molecular weight excluding hydrogens is 330 g/mol. The molecule has 1 aromatic heterocycles. The first-order chi connectivity index (χ1) is 12.7. The number of hydrogen-bond donors (Lipinski definition) is 1. The van der Waals surface area contributed by atoms with Crippen molar-refractivity contribution in [2.45, 2.75) is 0 Å². The van der Waals surface area contributed by atoms with Crippen LogP contribution >= 0.6 is 0 Å². The van der Waals surface area contributed by atoms with Crippen LogP contribution in [0.25, 0.3) is 12.2 Å². The van der Waals surface area contributed by atoms with Crippen molar-refractivity contribution in [1.82, 2.24) is 0 Å². The second-order valence-corrected chi connectivity index (χ2v) is 5.47. The number of ether oxygens (including phenoxy) is 1. The van der Waals surface area contributed by atoms with Gasteiger partial charge in [0.25, 0.3) is 5.91 Å². The van der Waals surface area contributed by atoms with Crippen molar-refractivity contribution in [1.29, 1.82) is 0 Å². The summed E-state index contributed by atoms with van der Waals surface area (Å²) in [7, 11) is 1.61. The average molecular weight is 347 g/mol. The predicted octanol–water partition coefficient (Wildman–Crippen LogP) is 4.07. The first-order valence-corrected chi connectivity index (χ1v) is 7.98. The molecule has 0 saturated carbocycles. The molecule has 0 radical (unpaired) electrons. The van der Waals surface area contributed by atoms with E-state index in [9.17, 15) is 9.59 Å². The molecule has 0 unspecified atom stereocenters. The molecule has 0 atom stereocenters. The minimum atomic E-state index is -0.605. The molecule has 3 rings (SSSR count). The lowest BCUT2D eigenvalue weighted by molar-refractivity contribution is 0.102. The molecule has 0 bridgehead atoms. The second kappa shape index (κ2) is 7.98. The number of carbonyl (C=O) groups excluding carboxylic acids is 1. The van der Waals surface area contributed by atoms with Crippen molar-refractivity contribution < 1.29 is 13.9 Å². The maximum absolute atomic E-state index is 12.1. The van der Waals surface area contributed by atoms with Gasteiger partial charge in [-0.25, -0.2) is 4.79 Å². The van der Waals surface area contributed by atoms with Crippen LogP contribution in [0.3, 0.4) is 0 Å². The van der Waals surface area contributed by atoms with E-state index in [-0.39, 0.29) is 11.6 Å². The molecule has 5 heteroatoms. The Morgan fingerprint density at radius 2 is 1.69 bits per heavy atom. The molecule has 1 N–H and O–H groups in total. The first-order valence-electron chi connectivity index (χ1n) is 7.98. The van der Waals surface area contributed by atoms with Gasteiger partial charge in [0.15, 0.2) is 0 Å². The third-order valence-electron chi connectivity index (χ3n) is 3.68. The number of rotatable bonds is 5. The van der Waals surface area contributed by atoms with E-state index in [0.29, 0.717) is 11.3 Å². The van der Waals surface area contributed by atoms with E-state index in [1.165, 1.54) is 6.07 Å². The van der Waals surface area contributed by atoms with Crippen molar-refractivity contribution >= 4 is 23.7 Å². The van der Waals surface area contributed by atoms with Crippen molar-refractivity contribution in [2.75, 3.05) is 12.4 Å². The van der Waals surface area contributed by atoms with E-state index < -0.39 is 5.63 Å². The first kappa shape index (κ1) is 17.2. The van der Waals surface area contributed by atoms with Gasteiger partial charge in [0.1, 0.15) is 17.2 Å². The van der Waals surface area contributed by atoms with Gasteiger partial charge in [0, 0.05) is 5.56 Å². The van der Waals surface area contributed by atoms with Gasteiger partial charge in [-0.3, -0.25) is 4.79 Å². The van der Waals surface area contributed by atoms with Crippen LogP contribution in [-0.4, -0.2) is 13.0 Å². The summed E-state index contributed by atoms with van der Waals surface area (Å²) >= 11 is 0. The maximum Gasteiger partial charge on any atom is 0.360 e. The summed E-state index contributed by atoms with van der Waals surface area (Å²) in [6, 6.07) is 19.3. The van der Waals surface area contributed by atoms with Crippen LogP contribution in [0, 0.1) is 0 Å². The minimum absolute atomic E-state index is 0.0976. The predicted molar refractivity (Wildman–Crippen MR) is 101 cm³/mol. The third-order valence-corrected chi connectivity index (χ3v) is 3.68. The summed E-state index contributed by atoms with van der Waals surface area (Å²) in [5, 5.41) is 2.56. The summed E-state index contributed by atoms with van der Waals surface area (Å²) in [6.45, 7) is 0. The Morgan fingerprint density at radius 3 is 2.35 bits per heavy atom. The highest BCUT2D eigenvalue weighted by Gasteiger charge is 2.09. The van der Waals surface area contributed by atoms with Gasteiger partial charge in [-0.05, 0) is 48.0 Å². The van der Waals surface area contributed by atoms with Crippen molar-refractivity contribution in [3.63, 3.8) is 0 Å². The third kappa shape index (κ3) is 4.27. The molecule has 1 amide bonds. The van der Waals surface area contributed by atoms with Crippen LogP contribution in [0.2, 0.25) is 0 Å². The topological polar surface area (TPSA) is 68.5 Å². The van der Waals surface area contributed by atoms with E-state index in [4.69, 9.17) is 9.15 Å². The Kier molecular flexibility index (Phi) is 5.29. The molecule has 0 fully saturated rings. The smallest absolute Gasteiger partial charge is 0.360 e. The average Bonchev–Trinajstić information content (AvgIpc) is 2.69. The normalized spacial score (nSPS) is 10.7. The number of methoxy groups -OCH3 is 1. The Labute approximate surface area is 150 Å². The van der Waals surface area contributed by atoms with Crippen LogP contribution in [-0.2, 0) is 0 Å². The molecule has 130 valence electrons. The lowest BCUT2D eigenvalue weighted by atomic mass is 10.2. The Hall–Kier alpha value is -3.60. The number of carbonyl (C=O) groups is 1. The number of hydrogen-bond acceptors (Lipinski definition) is 4. The van der Waals surface area contributed by atoms with Crippen LogP contribution in [0.1, 0.15) is 21.7 Å². The summed E-state index contributed by atoms with van der Waals surface area (Å²) < 4.78 is 10.3. The standard InChI is InChI=1S/C21H17NO4/c1-25-17-10-7-15(8-11-17)9-12-18-13-14-19(21(24)26-18)22-20(23)16-5-3-2-4-6-16/h2-14H,1H3,(H,22,23)/b12-9+. The molecule has 26 heavy (non-hydrogen) atoms. The molecule has 0 aliphatic heterocycles. The van der Waals surface area contributed by atoms with E-state index in [1.807, 2.05) is 36.4 Å². The molecular formula is C21H17NO4. The molecule has 0 spiro atoms. The monoisotopic (exact) mass is 347 g/mol. The summed E-state index contributed by atoms with van der Waals surface area (Å²) in [6.07, 6.45) is 3.51. The molecule has 0 saturated heterocycles. The van der Waals surface area contributed by atoms with Crippen LogP contribution in [0.5, 0.6) is 5.75 Å². The lowest BCUT2D eigenvalue weighted by Gasteiger charge is -2.04. The zero-order chi connectivity index (χ0) is 18.4. The largest absolute Gasteiger partial charge is 0.497 e. The van der Waals surface area contributed by atoms with Gasteiger partial charge in [0.05, 0.1) is 7.11 Å².